The Labute approximate surface area is 127 Å². The minimum atomic E-state index is -0.752. The summed E-state index contributed by atoms with van der Waals surface area (Å²) in [4.78, 5) is 11.3. The Morgan fingerprint density at radius 1 is 1.29 bits per heavy atom. The van der Waals surface area contributed by atoms with Crippen molar-refractivity contribution in [1.29, 1.82) is 0 Å². The zero-order valence-electron chi connectivity index (χ0n) is 13.3. The molecule has 0 bridgehead atoms. The highest BCUT2D eigenvalue weighted by Gasteiger charge is 2.28. The van der Waals surface area contributed by atoms with E-state index in [-0.39, 0.29) is 0 Å². The predicted octanol–water partition coefficient (Wildman–Crippen LogP) is 4.40. The highest BCUT2D eigenvalue weighted by Crippen LogP contribution is 2.38. The summed E-state index contributed by atoms with van der Waals surface area (Å²) in [6.45, 7) is 3.56. The number of aliphatic carboxylic acids is 1. The summed E-state index contributed by atoms with van der Waals surface area (Å²) < 4.78 is 5.51. The van der Waals surface area contributed by atoms with E-state index in [1.54, 1.807) is 21.0 Å². The number of methoxy groups -OCH3 is 1. The van der Waals surface area contributed by atoms with Crippen LogP contribution < -0.4 is 4.74 Å². The highest BCUT2D eigenvalue weighted by molar-refractivity contribution is 5.74. The van der Waals surface area contributed by atoms with Crippen LogP contribution in [0.1, 0.15) is 63.0 Å². The molecule has 0 aromatic heterocycles. The zero-order valence-corrected chi connectivity index (χ0v) is 13.3. The van der Waals surface area contributed by atoms with Crippen molar-refractivity contribution in [2.24, 2.45) is 5.41 Å². The quantitative estimate of drug-likeness (QED) is 0.874. The topological polar surface area (TPSA) is 46.5 Å². The summed E-state index contributed by atoms with van der Waals surface area (Å²) in [5.74, 6) is 0.748. The van der Waals surface area contributed by atoms with Crippen LogP contribution in [0.15, 0.2) is 18.2 Å². The number of benzene rings is 1. The molecule has 1 saturated carbocycles. The van der Waals surface area contributed by atoms with Crippen LogP contribution in [0.2, 0.25) is 0 Å². The van der Waals surface area contributed by atoms with Crippen LogP contribution in [0, 0.1) is 5.41 Å². The molecule has 0 aliphatic heterocycles. The van der Waals surface area contributed by atoms with Crippen molar-refractivity contribution < 1.29 is 14.6 Å². The average molecular weight is 290 g/mol. The second-order valence-corrected chi connectivity index (χ2v) is 6.78. The second-order valence-electron chi connectivity index (χ2n) is 6.78. The molecule has 1 aromatic carbocycles. The molecule has 1 fully saturated rings. The molecule has 0 atom stereocenters. The van der Waals surface area contributed by atoms with Crippen LogP contribution in [0.5, 0.6) is 5.75 Å². The molecule has 0 heterocycles. The first kappa shape index (κ1) is 15.9. The number of hydrogen-bond acceptors (Lipinski definition) is 2. The normalized spacial score (nSPS) is 16.7. The lowest BCUT2D eigenvalue weighted by molar-refractivity contribution is -0.146. The van der Waals surface area contributed by atoms with Crippen LogP contribution >= 0.6 is 0 Å². The number of carboxylic acid groups (broad SMARTS) is 1. The lowest BCUT2D eigenvalue weighted by Crippen LogP contribution is -2.26. The molecule has 0 amide bonds. The van der Waals surface area contributed by atoms with Gasteiger partial charge < -0.3 is 9.84 Å². The Hall–Kier alpha value is -1.51. The number of hydrogen-bond donors (Lipinski definition) is 1. The maximum atomic E-state index is 11.3. The van der Waals surface area contributed by atoms with Crippen LogP contribution in [0.3, 0.4) is 0 Å². The molecule has 21 heavy (non-hydrogen) atoms. The van der Waals surface area contributed by atoms with Crippen molar-refractivity contribution in [3.05, 3.63) is 29.3 Å². The Morgan fingerprint density at radius 3 is 2.52 bits per heavy atom. The molecule has 3 nitrogen and oxygen atoms in total. The van der Waals surface area contributed by atoms with E-state index < -0.39 is 11.4 Å². The maximum Gasteiger partial charge on any atom is 0.309 e. The molecule has 0 unspecified atom stereocenters. The van der Waals surface area contributed by atoms with E-state index in [2.05, 4.69) is 6.07 Å². The van der Waals surface area contributed by atoms with E-state index in [0.717, 1.165) is 11.3 Å². The molecule has 1 N–H and O–H groups in total. The number of carbonyl (C=O) groups is 1. The van der Waals surface area contributed by atoms with E-state index in [0.29, 0.717) is 12.3 Å². The first-order valence-electron chi connectivity index (χ1n) is 7.84. The van der Waals surface area contributed by atoms with Gasteiger partial charge in [-0.05, 0) is 56.2 Å². The standard InChI is InChI=1S/C18H26O3/c1-18(2,17(19)20)12-13-9-10-16(21-3)15(11-13)14-7-5-4-6-8-14/h9-11,14H,4-8,12H2,1-3H3,(H,19,20). The smallest absolute Gasteiger partial charge is 0.309 e. The van der Waals surface area contributed by atoms with Gasteiger partial charge in [-0.1, -0.05) is 31.4 Å². The Kier molecular flexibility index (Phi) is 4.92. The molecule has 0 radical (unpaired) electrons. The fourth-order valence-electron chi connectivity index (χ4n) is 3.21. The van der Waals surface area contributed by atoms with Gasteiger partial charge >= 0.3 is 5.97 Å². The maximum absolute atomic E-state index is 11.3. The summed E-state index contributed by atoms with van der Waals surface area (Å²) in [6, 6.07) is 6.16. The monoisotopic (exact) mass is 290 g/mol. The molecule has 1 aliphatic rings. The van der Waals surface area contributed by atoms with Gasteiger partial charge in [0.15, 0.2) is 0 Å². The van der Waals surface area contributed by atoms with E-state index in [4.69, 9.17) is 4.74 Å². The third kappa shape index (κ3) is 3.78. The zero-order chi connectivity index (χ0) is 15.5. The van der Waals surface area contributed by atoms with Crippen molar-refractivity contribution >= 4 is 5.97 Å². The minimum Gasteiger partial charge on any atom is -0.496 e. The van der Waals surface area contributed by atoms with E-state index in [1.165, 1.54) is 37.7 Å². The fraction of sp³-hybridized carbons (Fsp3) is 0.611. The highest BCUT2D eigenvalue weighted by atomic mass is 16.5. The number of rotatable bonds is 5. The largest absolute Gasteiger partial charge is 0.496 e. The van der Waals surface area contributed by atoms with Crippen LogP contribution in [-0.4, -0.2) is 18.2 Å². The van der Waals surface area contributed by atoms with E-state index >= 15 is 0 Å². The number of carboxylic acids is 1. The van der Waals surface area contributed by atoms with Gasteiger partial charge in [-0.25, -0.2) is 0 Å². The van der Waals surface area contributed by atoms with Crippen molar-refractivity contribution in [1.82, 2.24) is 0 Å². The predicted molar refractivity (Wildman–Crippen MR) is 83.9 cm³/mol. The fourth-order valence-corrected chi connectivity index (χ4v) is 3.21. The lowest BCUT2D eigenvalue weighted by atomic mass is 9.81. The molecule has 3 heteroatoms. The van der Waals surface area contributed by atoms with E-state index in [1.807, 2.05) is 12.1 Å². The van der Waals surface area contributed by atoms with Gasteiger partial charge in [-0.2, -0.15) is 0 Å². The molecule has 2 rings (SSSR count). The summed E-state index contributed by atoms with van der Waals surface area (Å²) in [7, 11) is 1.71. The summed E-state index contributed by atoms with van der Waals surface area (Å²) in [5.41, 5.74) is 1.61. The van der Waals surface area contributed by atoms with Crippen molar-refractivity contribution in [3.63, 3.8) is 0 Å². The van der Waals surface area contributed by atoms with Crippen molar-refractivity contribution in [2.75, 3.05) is 7.11 Å². The van der Waals surface area contributed by atoms with Gasteiger partial charge in [0.1, 0.15) is 5.75 Å². The summed E-state index contributed by atoms with van der Waals surface area (Å²) >= 11 is 0. The van der Waals surface area contributed by atoms with Gasteiger partial charge in [0.25, 0.3) is 0 Å². The summed E-state index contributed by atoms with van der Waals surface area (Å²) in [5, 5.41) is 9.30. The van der Waals surface area contributed by atoms with Crippen molar-refractivity contribution in [3.8, 4) is 5.75 Å². The first-order chi connectivity index (χ1) is 9.94. The Bertz CT molecular complexity index is 499. The molecule has 0 spiro atoms. The Balaban J connectivity index is 2.26. The van der Waals surface area contributed by atoms with Gasteiger partial charge in [0.05, 0.1) is 12.5 Å². The van der Waals surface area contributed by atoms with Gasteiger partial charge in [-0.15, -0.1) is 0 Å². The van der Waals surface area contributed by atoms with Crippen LogP contribution in [-0.2, 0) is 11.2 Å². The molecule has 0 saturated heterocycles. The van der Waals surface area contributed by atoms with Gasteiger partial charge in [-0.3, -0.25) is 4.79 Å². The molecular weight excluding hydrogens is 264 g/mol. The van der Waals surface area contributed by atoms with Crippen LogP contribution in [0.4, 0.5) is 0 Å². The number of ether oxygens (including phenoxy) is 1. The van der Waals surface area contributed by atoms with Crippen molar-refractivity contribution in [2.45, 2.75) is 58.3 Å². The van der Waals surface area contributed by atoms with Gasteiger partial charge in [0, 0.05) is 0 Å². The minimum absolute atomic E-state index is 0.548. The molecule has 1 aromatic rings. The lowest BCUT2D eigenvalue weighted by Gasteiger charge is -2.25. The first-order valence-corrected chi connectivity index (χ1v) is 7.84. The third-order valence-corrected chi connectivity index (χ3v) is 4.56. The SMILES string of the molecule is COc1ccc(CC(C)(C)C(=O)O)cc1C1CCCCC1. The third-order valence-electron chi connectivity index (χ3n) is 4.56. The Morgan fingerprint density at radius 2 is 1.95 bits per heavy atom. The second kappa shape index (κ2) is 6.50. The summed E-state index contributed by atoms with van der Waals surface area (Å²) in [6.07, 6.45) is 6.85. The molecule has 116 valence electrons. The van der Waals surface area contributed by atoms with Crippen LogP contribution in [0.25, 0.3) is 0 Å². The molecule has 1 aliphatic carbocycles. The van der Waals surface area contributed by atoms with E-state index in [9.17, 15) is 9.90 Å². The van der Waals surface area contributed by atoms with Gasteiger partial charge in [0.2, 0.25) is 0 Å². The molecular formula is C18H26O3. The average Bonchev–Trinajstić information content (AvgIpc) is 2.47.